The number of hydrogen-bond acceptors (Lipinski definition) is 3. The summed E-state index contributed by atoms with van der Waals surface area (Å²) in [5.41, 5.74) is 1.75. The summed E-state index contributed by atoms with van der Waals surface area (Å²) in [6, 6.07) is 14.8. The van der Waals surface area contributed by atoms with Crippen molar-refractivity contribution in [3.63, 3.8) is 0 Å². The average Bonchev–Trinajstić information content (AvgIpc) is 2.48. The molecule has 0 saturated carbocycles. The molecule has 0 aliphatic carbocycles. The monoisotopic (exact) mass is 388 g/mol. The summed E-state index contributed by atoms with van der Waals surface area (Å²) in [7, 11) is 0. The van der Waals surface area contributed by atoms with Gasteiger partial charge in [-0.1, -0.05) is 70.3 Å². The Balaban J connectivity index is 2.11. The Kier molecular flexibility index (Phi) is 4.72. The first-order valence-electron chi connectivity index (χ1n) is 6.21. The predicted octanol–water partition coefficient (Wildman–Crippen LogP) is 6.26. The van der Waals surface area contributed by atoms with Gasteiger partial charge in [0.25, 0.3) is 0 Å². The number of hydrogen-bond donors (Lipinski definition) is 0. The molecule has 0 saturated heterocycles. The largest absolute Gasteiger partial charge is 0.244 e. The van der Waals surface area contributed by atoms with Crippen LogP contribution in [0.15, 0.2) is 58.5 Å². The third kappa shape index (κ3) is 3.61. The van der Waals surface area contributed by atoms with Crippen LogP contribution in [0.5, 0.6) is 0 Å². The van der Waals surface area contributed by atoms with Gasteiger partial charge >= 0.3 is 0 Å². The zero-order chi connectivity index (χ0) is 15.7. The molecule has 0 bridgehead atoms. The molecule has 0 fully saturated rings. The minimum Gasteiger partial charge on any atom is -0.244 e. The molecule has 0 unspecified atom stereocenters. The first kappa shape index (κ1) is 16.2. The van der Waals surface area contributed by atoms with E-state index in [9.17, 15) is 0 Å². The number of nitrogens with zero attached hydrogens (tertiary/aromatic N) is 2. The smallest absolute Gasteiger partial charge is 0.235 e. The predicted molar refractivity (Wildman–Crippen MR) is 94.4 cm³/mol. The maximum absolute atomic E-state index is 6.05. The van der Waals surface area contributed by atoms with Gasteiger partial charge in [0.15, 0.2) is 0 Å². The van der Waals surface area contributed by atoms with Crippen LogP contribution in [0.2, 0.25) is 5.02 Å². The average molecular weight is 390 g/mol. The fourth-order valence-electron chi connectivity index (χ4n) is 1.85. The summed E-state index contributed by atoms with van der Waals surface area (Å²) in [6.45, 7) is 0. The van der Waals surface area contributed by atoms with Crippen LogP contribution >= 0.6 is 58.2 Å². The van der Waals surface area contributed by atoms with Gasteiger partial charge in [-0.3, -0.25) is 0 Å². The molecule has 1 heterocycles. The molecule has 3 aromatic rings. The first-order valence-corrected chi connectivity index (χ1v) is 8.54. The van der Waals surface area contributed by atoms with Crippen molar-refractivity contribution in [1.29, 1.82) is 0 Å². The molecular weight excluding hydrogens is 382 g/mol. The fourth-order valence-corrected chi connectivity index (χ4v) is 3.48. The van der Waals surface area contributed by atoms with Gasteiger partial charge < -0.3 is 0 Å². The van der Waals surface area contributed by atoms with Gasteiger partial charge in [-0.15, -0.1) is 0 Å². The van der Waals surface area contributed by atoms with Crippen molar-refractivity contribution in [2.24, 2.45) is 0 Å². The van der Waals surface area contributed by atoms with Gasteiger partial charge in [-0.05, 0) is 36.4 Å². The summed E-state index contributed by atoms with van der Waals surface area (Å²) in [4.78, 5) is 9.96. The van der Waals surface area contributed by atoms with E-state index in [1.807, 2.05) is 36.4 Å². The lowest BCUT2D eigenvalue weighted by molar-refractivity contribution is 0.970. The van der Waals surface area contributed by atoms with Crippen LogP contribution in [-0.4, -0.2) is 9.97 Å². The van der Waals surface area contributed by atoms with E-state index in [0.29, 0.717) is 21.3 Å². The Morgan fingerprint density at radius 3 is 2.00 bits per heavy atom. The fraction of sp³-hybridized carbons (Fsp3) is 0.0667. The van der Waals surface area contributed by atoms with Crippen LogP contribution < -0.4 is 0 Å². The summed E-state index contributed by atoms with van der Waals surface area (Å²) >= 11 is 25.4. The van der Waals surface area contributed by atoms with Gasteiger partial charge in [-0.2, -0.15) is 0 Å². The van der Waals surface area contributed by atoms with Gasteiger partial charge in [-0.25, -0.2) is 9.97 Å². The maximum Gasteiger partial charge on any atom is 0.235 e. The van der Waals surface area contributed by atoms with Crippen LogP contribution in [0, 0.1) is 0 Å². The van der Waals surface area contributed by atoms with Crippen molar-refractivity contribution in [2.75, 3.05) is 0 Å². The molecule has 0 N–H and O–H groups in total. The Hall–Kier alpha value is -0.710. The molecule has 22 heavy (non-hydrogen) atoms. The molecule has 0 spiro atoms. The second-order valence-corrected chi connectivity index (χ2v) is 8.20. The number of alkyl halides is 3. The first-order chi connectivity index (χ1) is 10.4. The standard InChI is InChI=1S/C15H8Cl4N2S/c16-9-5-7-10(8-6-9)22-14-13(15(17,18)19)20-11-3-1-2-4-12(11)21-14/h1-8H. The van der Waals surface area contributed by atoms with E-state index in [2.05, 4.69) is 9.97 Å². The molecule has 0 atom stereocenters. The van der Waals surface area contributed by atoms with E-state index < -0.39 is 3.79 Å². The maximum atomic E-state index is 6.05. The van der Waals surface area contributed by atoms with E-state index >= 15 is 0 Å². The zero-order valence-electron chi connectivity index (χ0n) is 10.9. The molecule has 1 aromatic heterocycles. The number of benzene rings is 2. The zero-order valence-corrected chi connectivity index (χ0v) is 14.8. The number of rotatable bonds is 2. The van der Waals surface area contributed by atoms with Crippen molar-refractivity contribution < 1.29 is 0 Å². The summed E-state index contributed by atoms with van der Waals surface area (Å²) in [5.74, 6) is 0. The van der Waals surface area contributed by atoms with Crippen LogP contribution in [-0.2, 0) is 3.79 Å². The minimum atomic E-state index is -1.65. The molecule has 3 rings (SSSR count). The molecule has 0 amide bonds. The molecule has 0 radical (unpaired) electrons. The number of fused-ring (bicyclic) bond motifs is 1. The highest BCUT2D eigenvalue weighted by molar-refractivity contribution is 7.99. The van der Waals surface area contributed by atoms with E-state index in [4.69, 9.17) is 46.4 Å². The quantitative estimate of drug-likeness (QED) is 0.483. The SMILES string of the molecule is Clc1ccc(Sc2nc3ccccc3nc2C(Cl)(Cl)Cl)cc1. The molecular formula is C15H8Cl4N2S. The van der Waals surface area contributed by atoms with Crippen LogP contribution in [0.3, 0.4) is 0 Å². The van der Waals surface area contributed by atoms with Crippen molar-refractivity contribution in [2.45, 2.75) is 13.7 Å². The Morgan fingerprint density at radius 1 is 0.818 bits per heavy atom. The lowest BCUT2D eigenvalue weighted by Crippen LogP contribution is -2.08. The highest BCUT2D eigenvalue weighted by Gasteiger charge is 2.30. The number of aromatic nitrogens is 2. The van der Waals surface area contributed by atoms with Crippen molar-refractivity contribution in [3.05, 3.63) is 59.2 Å². The highest BCUT2D eigenvalue weighted by atomic mass is 35.6. The van der Waals surface area contributed by atoms with E-state index in [1.165, 1.54) is 11.8 Å². The molecule has 7 heteroatoms. The van der Waals surface area contributed by atoms with Crippen LogP contribution in [0.1, 0.15) is 5.69 Å². The Labute approximate surface area is 151 Å². The van der Waals surface area contributed by atoms with E-state index in [1.54, 1.807) is 12.1 Å². The van der Waals surface area contributed by atoms with E-state index in [0.717, 1.165) is 10.4 Å². The van der Waals surface area contributed by atoms with Crippen LogP contribution in [0.4, 0.5) is 0 Å². The molecule has 112 valence electrons. The highest BCUT2D eigenvalue weighted by Crippen LogP contribution is 2.43. The number of halogens is 4. The van der Waals surface area contributed by atoms with E-state index in [-0.39, 0.29) is 0 Å². The van der Waals surface area contributed by atoms with Crippen LogP contribution in [0.25, 0.3) is 11.0 Å². The normalized spacial score (nSPS) is 11.8. The van der Waals surface area contributed by atoms with Crippen molar-refractivity contribution in [1.82, 2.24) is 9.97 Å². The topological polar surface area (TPSA) is 25.8 Å². The van der Waals surface area contributed by atoms with Gasteiger partial charge in [0.05, 0.1) is 11.0 Å². The minimum absolute atomic E-state index is 0.316. The lowest BCUT2D eigenvalue weighted by Gasteiger charge is -2.15. The lowest BCUT2D eigenvalue weighted by atomic mass is 10.3. The van der Waals surface area contributed by atoms with Crippen molar-refractivity contribution in [3.8, 4) is 0 Å². The second-order valence-electron chi connectivity index (χ2n) is 4.42. The molecule has 2 nitrogen and oxygen atoms in total. The molecule has 0 aliphatic rings. The third-order valence-corrected chi connectivity index (χ3v) is 4.61. The third-order valence-electron chi connectivity index (χ3n) is 2.84. The van der Waals surface area contributed by atoms with Crippen molar-refractivity contribution >= 4 is 69.2 Å². The summed E-state index contributed by atoms with van der Waals surface area (Å²) < 4.78 is -1.65. The molecule has 2 aromatic carbocycles. The molecule has 0 aliphatic heterocycles. The van der Waals surface area contributed by atoms with Gasteiger partial charge in [0, 0.05) is 9.92 Å². The summed E-state index contributed by atoms with van der Waals surface area (Å²) in [5, 5.41) is 1.22. The second kappa shape index (κ2) is 6.42. The Morgan fingerprint density at radius 2 is 1.41 bits per heavy atom. The Bertz CT molecular complexity index is 816. The summed E-state index contributed by atoms with van der Waals surface area (Å²) in [6.07, 6.45) is 0. The van der Waals surface area contributed by atoms with Gasteiger partial charge in [0.1, 0.15) is 10.7 Å². The van der Waals surface area contributed by atoms with Gasteiger partial charge in [0.2, 0.25) is 3.79 Å². The number of para-hydroxylation sites is 2.